The molecule has 0 saturated heterocycles. The lowest BCUT2D eigenvalue weighted by Crippen LogP contribution is -2.27. The lowest BCUT2D eigenvalue weighted by atomic mass is 10.3. The molecule has 0 aliphatic rings. The molecule has 0 amide bonds. The number of terminal acetylenes is 1. The van der Waals surface area contributed by atoms with Crippen LogP contribution in [0.2, 0.25) is 0 Å². The smallest absolute Gasteiger partial charge is 0.245 e. The Morgan fingerprint density at radius 1 is 1.53 bits per heavy atom. The molecule has 0 aromatic heterocycles. The Bertz CT molecular complexity index is 546. The van der Waals surface area contributed by atoms with Gasteiger partial charge < -0.3 is 10.5 Å². The molecule has 1 aromatic carbocycles. The van der Waals surface area contributed by atoms with Crippen LogP contribution in [0.15, 0.2) is 23.1 Å². The molecular formula is C11H14N2O3S. The highest BCUT2D eigenvalue weighted by Crippen LogP contribution is 2.25. The van der Waals surface area contributed by atoms with Gasteiger partial charge in [-0.15, -0.1) is 6.42 Å². The zero-order chi connectivity index (χ0) is 13.1. The number of ether oxygens (including phenoxy) is 1. The van der Waals surface area contributed by atoms with Crippen LogP contribution in [0.3, 0.4) is 0 Å². The second-order valence-electron chi connectivity index (χ2n) is 3.37. The number of rotatable bonds is 4. The van der Waals surface area contributed by atoms with Gasteiger partial charge in [-0.1, -0.05) is 5.92 Å². The number of hydrogen-bond donors (Lipinski definition) is 1. The second kappa shape index (κ2) is 5.08. The maximum absolute atomic E-state index is 12.1. The standard InChI is InChI=1S/C11H14N2O3S/c1-4-7-13(2)17(14,15)11-6-5-9(16-3)8-10(11)12/h1,5-6,8H,7,12H2,2-3H3. The number of nitrogens with two attached hydrogens (primary N) is 1. The van der Waals surface area contributed by atoms with Crippen LogP contribution in [0.25, 0.3) is 0 Å². The molecule has 92 valence electrons. The van der Waals surface area contributed by atoms with E-state index < -0.39 is 10.0 Å². The van der Waals surface area contributed by atoms with Gasteiger partial charge in [0.15, 0.2) is 0 Å². The summed E-state index contributed by atoms with van der Waals surface area (Å²) in [6, 6.07) is 4.39. The van der Waals surface area contributed by atoms with Gasteiger partial charge in [-0.25, -0.2) is 8.42 Å². The van der Waals surface area contributed by atoms with Crippen molar-refractivity contribution in [2.45, 2.75) is 4.90 Å². The van der Waals surface area contributed by atoms with E-state index in [1.165, 1.54) is 32.4 Å². The van der Waals surface area contributed by atoms with Crippen molar-refractivity contribution >= 4 is 15.7 Å². The SMILES string of the molecule is C#CCN(C)S(=O)(=O)c1ccc(OC)cc1N. The molecule has 0 aliphatic carbocycles. The summed E-state index contributed by atoms with van der Waals surface area (Å²) in [5, 5.41) is 0. The first-order valence-corrected chi connectivity index (χ1v) is 6.20. The summed E-state index contributed by atoms with van der Waals surface area (Å²) >= 11 is 0. The van der Waals surface area contributed by atoms with Crippen LogP contribution >= 0.6 is 0 Å². The number of methoxy groups -OCH3 is 1. The Morgan fingerprint density at radius 2 is 2.18 bits per heavy atom. The summed E-state index contributed by atoms with van der Waals surface area (Å²) < 4.78 is 30.1. The van der Waals surface area contributed by atoms with Crippen LogP contribution in [-0.2, 0) is 10.0 Å². The van der Waals surface area contributed by atoms with Crippen LogP contribution in [0.4, 0.5) is 5.69 Å². The topological polar surface area (TPSA) is 72.6 Å². The summed E-state index contributed by atoms with van der Waals surface area (Å²) in [6.45, 7) is -0.00615. The van der Waals surface area contributed by atoms with Crippen molar-refractivity contribution in [3.05, 3.63) is 18.2 Å². The third-order valence-electron chi connectivity index (χ3n) is 2.22. The molecular weight excluding hydrogens is 240 g/mol. The Morgan fingerprint density at radius 3 is 2.65 bits per heavy atom. The number of nitrogens with zero attached hydrogens (tertiary/aromatic N) is 1. The largest absolute Gasteiger partial charge is 0.497 e. The molecule has 1 rings (SSSR count). The minimum atomic E-state index is -3.65. The highest BCUT2D eigenvalue weighted by molar-refractivity contribution is 7.89. The average Bonchev–Trinajstić information content (AvgIpc) is 2.28. The van der Waals surface area contributed by atoms with Crippen LogP contribution in [0, 0.1) is 12.3 Å². The van der Waals surface area contributed by atoms with Gasteiger partial charge in [-0.05, 0) is 12.1 Å². The van der Waals surface area contributed by atoms with Crippen molar-refractivity contribution in [3.63, 3.8) is 0 Å². The van der Waals surface area contributed by atoms with Crippen LogP contribution in [0.1, 0.15) is 0 Å². The average molecular weight is 254 g/mol. The highest BCUT2D eigenvalue weighted by Gasteiger charge is 2.22. The van der Waals surface area contributed by atoms with Gasteiger partial charge in [-0.3, -0.25) is 0 Å². The summed E-state index contributed by atoms with van der Waals surface area (Å²) in [7, 11) is -0.765. The molecule has 17 heavy (non-hydrogen) atoms. The van der Waals surface area contributed by atoms with Crippen molar-refractivity contribution in [1.82, 2.24) is 4.31 Å². The van der Waals surface area contributed by atoms with E-state index in [9.17, 15) is 8.42 Å². The second-order valence-corrected chi connectivity index (χ2v) is 5.38. The number of nitrogen functional groups attached to an aromatic ring is 1. The van der Waals surface area contributed by atoms with Crippen molar-refractivity contribution in [2.24, 2.45) is 0 Å². The highest BCUT2D eigenvalue weighted by atomic mass is 32.2. The van der Waals surface area contributed by atoms with E-state index in [2.05, 4.69) is 5.92 Å². The molecule has 0 radical (unpaired) electrons. The zero-order valence-corrected chi connectivity index (χ0v) is 10.5. The number of benzene rings is 1. The molecule has 2 N–H and O–H groups in total. The van der Waals surface area contributed by atoms with Crippen LogP contribution in [0.5, 0.6) is 5.75 Å². The predicted molar refractivity (Wildman–Crippen MR) is 66.1 cm³/mol. The van der Waals surface area contributed by atoms with Crippen LogP contribution in [-0.4, -0.2) is 33.4 Å². The van der Waals surface area contributed by atoms with E-state index in [1.54, 1.807) is 0 Å². The van der Waals surface area contributed by atoms with E-state index in [-0.39, 0.29) is 17.1 Å². The molecule has 0 aliphatic heterocycles. The van der Waals surface area contributed by atoms with Gasteiger partial charge >= 0.3 is 0 Å². The molecule has 0 spiro atoms. The molecule has 5 nitrogen and oxygen atoms in total. The Labute approximate surface area is 101 Å². The lowest BCUT2D eigenvalue weighted by molar-refractivity contribution is 0.414. The first kappa shape index (κ1) is 13.4. The fourth-order valence-corrected chi connectivity index (χ4v) is 2.45. The summed E-state index contributed by atoms with van der Waals surface area (Å²) in [5.74, 6) is 2.77. The quantitative estimate of drug-likeness (QED) is 0.628. The van der Waals surface area contributed by atoms with E-state index in [0.29, 0.717) is 5.75 Å². The Hall–Kier alpha value is -1.71. The van der Waals surface area contributed by atoms with Crippen molar-refractivity contribution in [2.75, 3.05) is 26.4 Å². The first-order chi connectivity index (χ1) is 7.93. The molecule has 6 heteroatoms. The predicted octanol–water partition coefficient (Wildman–Crippen LogP) is 0.531. The van der Waals surface area contributed by atoms with E-state index in [1.807, 2.05) is 0 Å². The maximum Gasteiger partial charge on any atom is 0.245 e. The van der Waals surface area contributed by atoms with Crippen molar-refractivity contribution in [3.8, 4) is 18.1 Å². The maximum atomic E-state index is 12.1. The third kappa shape index (κ3) is 2.70. The van der Waals surface area contributed by atoms with E-state index in [4.69, 9.17) is 16.9 Å². The lowest BCUT2D eigenvalue weighted by Gasteiger charge is -2.16. The van der Waals surface area contributed by atoms with E-state index in [0.717, 1.165) is 4.31 Å². The van der Waals surface area contributed by atoms with Crippen molar-refractivity contribution < 1.29 is 13.2 Å². The zero-order valence-electron chi connectivity index (χ0n) is 9.67. The van der Waals surface area contributed by atoms with Crippen LogP contribution < -0.4 is 10.5 Å². The van der Waals surface area contributed by atoms with Gasteiger partial charge in [0.25, 0.3) is 0 Å². The number of anilines is 1. The fourth-order valence-electron chi connectivity index (χ4n) is 1.27. The van der Waals surface area contributed by atoms with Gasteiger partial charge in [-0.2, -0.15) is 4.31 Å². The van der Waals surface area contributed by atoms with Gasteiger partial charge in [0.2, 0.25) is 10.0 Å². The molecule has 0 fully saturated rings. The minimum absolute atomic E-state index is 0.00615. The van der Waals surface area contributed by atoms with Gasteiger partial charge in [0, 0.05) is 13.1 Å². The molecule has 0 bridgehead atoms. The minimum Gasteiger partial charge on any atom is -0.497 e. The first-order valence-electron chi connectivity index (χ1n) is 4.76. The normalized spacial score (nSPS) is 11.2. The number of sulfonamides is 1. The Balaban J connectivity index is 3.21. The van der Waals surface area contributed by atoms with Gasteiger partial charge in [0.1, 0.15) is 10.6 Å². The van der Waals surface area contributed by atoms with Gasteiger partial charge in [0.05, 0.1) is 19.3 Å². The molecule has 0 heterocycles. The molecule has 1 aromatic rings. The Kier molecular flexibility index (Phi) is 3.99. The fraction of sp³-hybridized carbons (Fsp3) is 0.273. The molecule has 0 unspecified atom stereocenters. The third-order valence-corrected chi connectivity index (χ3v) is 4.10. The molecule has 0 saturated carbocycles. The summed E-state index contributed by atoms with van der Waals surface area (Å²) in [4.78, 5) is 0.0241. The number of hydrogen-bond acceptors (Lipinski definition) is 4. The summed E-state index contributed by atoms with van der Waals surface area (Å²) in [6.07, 6.45) is 5.08. The van der Waals surface area contributed by atoms with Crippen molar-refractivity contribution in [1.29, 1.82) is 0 Å². The van der Waals surface area contributed by atoms with E-state index >= 15 is 0 Å². The summed E-state index contributed by atoms with van der Waals surface area (Å²) in [5.41, 5.74) is 5.81. The molecule has 0 atom stereocenters. The monoisotopic (exact) mass is 254 g/mol.